The molecule has 0 bridgehead atoms. The summed E-state index contributed by atoms with van der Waals surface area (Å²) in [4.78, 5) is 1.19. The second kappa shape index (κ2) is 7.64. The Kier molecular flexibility index (Phi) is 5.85. The molecule has 2 rings (SSSR count). The molecule has 0 saturated heterocycles. The van der Waals surface area contributed by atoms with Crippen LogP contribution in [-0.2, 0) is 12.1 Å². The van der Waals surface area contributed by atoms with Crippen molar-refractivity contribution in [2.75, 3.05) is 12.3 Å². The molecule has 0 saturated carbocycles. The average Bonchev–Trinajstić information content (AvgIpc) is 2.53. The molecule has 0 aliphatic carbocycles. The van der Waals surface area contributed by atoms with Gasteiger partial charge in [0.2, 0.25) is 0 Å². The molecule has 2 nitrogen and oxygen atoms in total. The first kappa shape index (κ1) is 16.1. The zero-order valence-corrected chi connectivity index (χ0v) is 13.5. The molecule has 0 radical (unpaired) electrons. The first-order valence-corrected chi connectivity index (χ1v) is 8.31. The SMILES string of the molecule is CCNCc1ccc(SCC(C)(O)c2ccccc2)cc1. The smallest absolute Gasteiger partial charge is 0.0962 e. The summed E-state index contributed by atoms with van der Waals surface area (Å²) in [6, 6.07) is 18.4. The van der Waals surface area contributed by atoms with Crippen molar-refractivity contribution >= 4 is 11.8 Å². The number of hydrogen-bond acceptors (Lipinski definition) is 3. The van der Waals surface area contributed by atoms with Crippen LogP contribution in [-0.4, -0.2) is 17.4 Å². The van der Waals surface area contributed by atoms with Gasteiger partial charge in [-0.15, -0.1) is 11.8 Å². The number of thioether (sulfide) groups is 1. The van der Waals surface area contributed by atoms with Gasteiger partial charge in [-0.05, 0) is 36.7 Å². The maximum absolute atomic E-state index is 10.6. The minimum atomic E-state index is -0.811. The van der Waals surface area contributed by atoms with Gasteiger partial charge in [0.15, 0.2) is 0 Å². The molecule has 112 valence electrons. The summed E-state index contributed by atoms with van der Waals surface area (Å²) >= 11 is 1.68. The standard InChI is InChI=1S/C18H23NOS/c1-3-19-13-15-9-11-17(12-10-15)21-14-18(2,20)16-7-5-4-6-8-16/h4-12,19-20H,3,13-14H2,1-2H3. The van der Waals surface area contributed by atoms with E-state index in [2.05, 4.69) is 36.5 Å². The topological polar surface area (TPSA) is 32.3 Å². The number of nitrogens with one attached hydrogen (secondary N) is 1. The Labute approximate surface area is 131 Å². The molecule has 1 atom stereocenters. The van der Waals surface area contributed by atoms with Crippen LogP contribution >= 0.6 is 11.8 Å². The van der Waals surface area contributed by atoms with Crippen LogP contribution in [0.1, 0.15) is 25.0 Å². The van der Waals surface area contributed by atoms with Crippen molar-refractivity contribution in [3.05, 3.63) is 65.7 Å². The zero-order valence-electron chi connectivity index (χ0n) is 12.7. The maximum Gasteiger partial charge on any atom is 0.0962 e. The first-order chi connectivity index (χ1) is 10.1. The first-order valence-electron chi connectivity index (χ1n) is 7.32. The fourth-order valence-electron chi connectivity index (χ4n) is 2.08. The Bertz CT molecular complexity index is 537. The minimum absolute atomic E-state index is 0.642. The van der Waals surface area contributed by atoms with Gasteiger partial charge in [-0.1, -0.05) is 49.4 Å². The van der Waals surface area contributed by atoms with Gasteiger partial charge in [0, 0.05) is 17.2 Å². The molecular weight excluding hydrogens is 278 g/mol. The summed E-state index contributed by atoms with van der Waals surface area (Å²) in [6.07, 6.45) is 0. The number of hydrogen-bond donors (Lipinski definition) is 2. The molecule has 0 aromatic heterocycles. The lowest BCUT2D eigenvalue weighted by atomic mass is 9.99. The molecule has 2 aromatic carbocycles. The van der Waals surface area contributed by atoms with Crippen molar-refractivity contribution in [3.63, 3.8) is 0 Å². The van der Waals surface area contributed by atoms with Crippen molar-refractivity contribution in [3.8, 4) is 0 Å². The predicted octanol–water partition coefficient (Wildman–Crippen LogP) is 3.80. The second-order valence-corrected chi connectivity index (χ2v) is 6.40. The summed E-state index contributed by atoms with van der Waals surface area (Å²) in [6.45, 7) is 5.87. The summed E-state index contributed by atoms with van der Waals surface area (Å²) < 4.78 is 0. The van der Waals surface area contributed by atoms with Crippen LogP contribution in [0.2, 0.25) is 0 Å². The Balaban J connectivity index is 1.93. The van der Waals surface area contributed by atoms with Crippen molar-refractivity contribution in [2.24, 2.45) is 0 Å². The van der Waals surface area contributed by atoms with Crippen LogP contribution in [0.25, 0.3) is 0 Å². The zero-order chi connectivity index (χ0) is 15.1. The van der Waals surface area contributed by atoms with E-state index in [1.54, 1.807) is 11.8 Å². The lowest BCUT2D eigenvalue weighted by Crippen LogP contribution is -2.24. The second-order valence-electron chi connectivity index (χ2n) is 5.35. The third kappa shape index (κ3) is 4.88. The van der Waals surface area contributed by atoms with Crippen LogP contribution in [0.15, 0.2) is 59.5 Å². The van der Waals surface area contributed by atoms with Crippen LogP contribution in [0.5, 0.6) is 0 Å². The van der Waals surface area contributed by atoms with Crippen molar-refractivity contribution in [1.82, 2.24) is 5.32 Å². The fourth-order valence-corrected chi connectivity index (χ4v) is 3.02. The fraction of sp³-hybridized carbons (Fsp3) is 0.333. The molecule has 0 heterocycles. The van der Waals surface area contributed by atoms with Gasteiger partial charge in [-0.2, -0.15) is 0 Å². The monoisotopic (exact) mass is 301 g/mol. The predicted molar refractivity (Wildman–Crippen MR) is 90.6 cm³/mol. The summed E-state index contributed by atoms with van der Waals surface area (Å²) in [5.74, 6) is 0.642. The molecule has 2 aromatic rings. The van der Waals surface area contributed by atoms with Gasteiger partial charge in [-0.25, -0.2) is 0 Å². The Morgan fingerprint density at radius 1 is 1.05 bits per heavy atom. The normalized spacial score (nSPS) is 13.9. The van der Waals surface area contributed by atoms with Crippen LogP contribution in [0.4, 0.5) is 0 Å². The molecule has 0 amide bonds. The average molecular weight is 301 g/mol. The highest BCUT2D eigenvalue weighted by atomic mass is 32.2. The third-order valence-corrected chi connectivity index (χ3v) is 4.73. The largest absolute Gasteiger partial charge is 0.385 e. The maximum atomic E-state index is 10.6. The van der Waals surface area contributed by atoms with Gasteiger partial charge >= 0.3 is 0 Å². The van der Waals surface area contributed by atoms with Gasteiger partial charge in [0.25, 0.3) is 0 Å². The van der Waals surface area contributed by atoms with Crippen LogP contribution in [0, 0.1) is 0 Å². The van der Waals surface area contributed by atoms with E-state index in [1.165, 1.54) is 10.5 Å². The van der Waals surface area contributed by atoms with E-state index >= 15 is 0 Å². The number of aliphatic hydroxyl groups is 1. The highest BCUT2D eigenvalue weighted by molar-refractivity contribution is 7.99. The minimum Gasteiger partial charge on any atom is -0.385 e. The van der Waals surface area contributed by atoms with E-state index in [1.807, 2.05) is 37.3 Å². The highest BCUT2D eigenvalue weighted by Gasteiger charge is 2.22. The summed E-state index contributed by atoms with van der Waals surface area (Å²) in [5.41, 5.74) is 1.44. The van der Waals surface area contributed by atoms with Crippen molar-refractivity contribution in [2.45, 2.75) is 30.9 Å². The summed E-state index contributed by atoms with van der Waals surface area (Å²) in [5, 5.41) is 13.9. The lowest BCUT2D eigenvalue weighted by Gasteiger charge is -2.23. The van der Waals surface area contributed by atoms with E-state index in [0.717, 1.165) is 18.7 Å². The van der Waals surface area contributed by atoms with E-state index in [9.17, 15) is 5.11 Å². The summed E-state index contributed by atoms with van der Waals surface area (Å²) in [7, 11) is 0. The van der Waals surface area contributed by atoms with E-state index in [4.69, 9.17) is 0 Å². The van der Waals surface area contributed by atoms with Crippen molar-refractivity contribution < 1.29 is 5.11 Å². The van der Waals surface area contributed by atoms with Crippen LogP contribution in [0.3, 0.4) is 0 Å². The molecule has 0 fully saturated rings. The highest BCUT2D eigenvalue weighted by Crippen LogP contribution is 2.29. The van der Waals surface area contributed by atoms with E-state index in [0.29, 0.717) is 5.75 Å². The molecular formula is C18H23NOS. The van der Waals surface area contributed by atoms with Crippen molar-refractivity contribution in [1.29, 1.82) is 0 Å². The lowest BCUT2D eigenvalue weighted by molar-refractivity contribution is 0.0839. The molecule has 0 aliphatic rings. The molecule has 1 unspecified atom stereocenters. The Morgan fingerprint density at radius 2 is 1.71 bits per heavy atom. The van der Waals surface area contributed by atoms with Crippen LogP contribution < -0.4 is 5.32 Å². The van der Waals surface area contributed by atoms with E-state index in [-0.39, 0.29) is 0 Å². The van der Waals surface area contributed by atoms with Gasteiger partial charge < -0.3 is 10.4 Å². The van der Waals surface area contributed by atoms with Gasteiger partial charge in [0.05, 0.1) is 5.60 Å². The Hall–Kier alpha value is -1.29. The number of benzene rings is 2. The Morgan fingerprint density at radius 3 is 2.33 bits per heavy atom. The molecule has 3 heteroatoms. The van der Waals surface area contributed by atoms with Gasteiger partial charge in [-0.3, -0.25) is 0 Å². The molecule has 0 aliphatic heterocycles. The molecule has 2 N–H and O–H groups in total. The molecule has 21 heavy (non-hydrogen) atoms. The molecule has 0 spiro atoms. The van der Waals surface area contributed by atoms with E-state index < -0.39 is 5.60 Å². The quantitative estimate of drug-likeness (QED) is 0.763. The van der Waals surface area contributed by atoms with Gasteiger partial charge in [0.1, 0.15) is 0 Å². The third-order valence-electron chi connectivity index (χ3n) is 3.42. The number of rotatable bonds is 7.